The van der Waals surface area contributed by atoms with Crippen molar-refractivity contribution in [3.8, 4) is 11.5 Å². The molecule has 0 radical (unpaired) electrons. The standard InChI is InChI=1S/C22H15ClF2N2O3S/c23-15-7-11-17(12-8-15)31(28,29)22-21(26-13-14-5-9-16(24)10-6-14)30-20(27-22)18-3-1-2-4-19(18)25/h1-12,26H,13H2. The Hall–Kier alpha value is -3.23. The van der Waals surface area contributed by atoms with Gasteiger partial charge in [-0.1, -0.05) is 35.9 Å². The minimum Gasteiger partial charge on any atom is -0.419 e. The van der Waals surface area contributed by atoms with Crippen molar-refractivity contribution in [2.45, 2.75) is 16.5 Å². The number of aromatic nitrogens is 1. The first-order valence-corrected chi connectivity index (χ1v) is 11.0. The second-order valence-electron chi connectivity index (χ2n) is 6.57. The summed E-state index contributed by atoms with van der Waals surface area (Å²) >= 11 is 5.86. The van der Waals surface area contributed by atoms with Crippen LogP contribution in [0.15, 0.2) is 87.1 Å². The Bertz CT molecular complexity index is 1320. The first kappa shape index (κ1) is 21.0. The minimum absolute atomic E-state index is 0.0184. The van der Waals surface area contributed by atoms with E-state index < -0.39 is 26.5 Å². The molecule has 9 heteroatoms. The summed E-state index contributed by atoms with van der Waals surface area (Å²) in [5, 5.41) is 2.85. The number of anilines is 1. The van der Waals surface area contributed by atoms with Gasteiger partial charge in [0.15, 0.2) is 0 Å². The van der Waals surface area contributed by atoms with Gasteiger partial charge >= 0.3 is 0 Å². The first-order valence-electron chi connectivity index (χ1n) is 9.09. The molecule has 0 atom stereocenters. The lowest BCUT2D eigenvalue weighted by molar-refractivity contribution is 0.567. The Balaban J connectivity index is 1.77. The number of hydrogen-bond acceptors (Lipinski definition) is 5. The predicted octanol–water partition coefficient (Wildman–Crippen LogP) is 5.72. The Morgan fingerprint density at radius 2 is 1.61 bits per heavy atom. The van der Waals surface area contributed by atoms with Crippen LogP contribution in [0.25, 0.3) is 11.5 Å². The van der Waals surface area contributed by atoms with E-state index in [9.17, 15) is 17.2 Å². The van der Waals surface area contributed by atoms with E-state index in [1.807, 2.05) is 0 Å². The topological polar surface area (TPSA) is 72.2 Å². The molecule has 0 fully saturated rings. The Morgan fingerprint density at radius 3 is 2.29 bits per heavy atom. The molecule has 0 aliphatic heterocycles. The van der Waals surface area contributed by atoms with Crippen LogP contribution in [-0.2, 0) is 16.4 Å². The van der Waals surface area contributed by atoms with E-state index in [-0.39, 0.29) is 28.8 Å². The molecule has 1 N–H and O–H groups in total. The zero-order valence-electron chi connectivity index (χ0n) is 15.8. The monoisotopic (exact) mass is 460 g/mol. The Labute approximate surface area is 182 Å². The van der Waals surface area contributed by atoms with Crippen LogP contribution in [0, 0.1) is 11.6 Å². The third-order valence-electron chi connectivity index (χ3n) is 4.45. The smallest absolute Gasteiger partial charge is 0.234 e. The normalized spacial score (nSPS) is 11.5. The van der Waals surface area contributed by atoms with E-state index in [0.717, 1.165) is 0 Å². The Morgan fingerprint density at radius 1 is 0.935 bits per heavy atom. The van der Waals surface area contributed by atoms with Gasteiger partial charge in [-0.25, -0.2) is 17.2 Å². The molecule has 4 rings (SSSR count). The lowest BCUT2D eigenvalue weighted by atomic mass is 10.2. The second-order valence-corrected chi connectivity index (χ2v) is 8.87. The van der Waals surface area contributed by atoms with Crippen molar-refractivity contribution in [3.05, 3.63) is 95.0 Å². The lowest BCUT2D eigenvalue weighted by Crippen LogP contribution is -2.07. The molecule has 0 unspecified atom stereocenters. The van der Waals surface area contributed by atoms with Crippen LogP contribution in [0.1, 0.15) is 5.56 Å². The van der Waals surface area contributed by atoms with Gasteiger partial charge in [0.1, 0.15) is 11.6 Å². The van der Waals surface area contributed by atoms with Gasteiger partial charge in [0, 0.05) is 11.6 Å². The van der Waals surface area contributed by atoms with E-state index in [2.05, 4.69) is 10.3 Å². The molecule has 0 spiro atoms. The Kier molecular flexibility index (Phi) is 5.75. The molecule has 158 valence electrons. The molecule has 0 bridgehead atoms. The van der Waals surface area contributed by atoms with E-state index in [1.165, 1.54) is 54.6 Å². The number of nitrogens with zero attached hydrogens (tertiary/aromatic N) is 1. The first-order chi connectivity index (χ1) is 14.8. The number of sulfone groups is 1. The van der Waals surface area contributed by atoms with Crippen molar-refractivity contribution >= 4 is 27.3 Å². The number of nitrogens with one attached hydrogen (secondary N) is 1. The number of rotatable bonds is 6. The summed E-state index contributed by atoms with van der Waals surface area (Å²) in [6, 6.07) is 17.0. The van der Waals surface area contributed by atoms with Crippen LogP contribution < -0.4 is 5.32 Å². The molecule has 0 aliphatic carbocycles. The van der Waals surface area contributed by atoms with Crippen LogP contribution in [0.4, 0.5) is 14.7 Å². The minimum atomic E-state index is -4.11. The molecular weight excluding hydrogens is 446 g/mol. The highest BCUT2D eigenvalue weighted by molar-refractivity contribution is 7.91. The van der Waals surface area contributed by atoms with Gasteiger partial charge in [0.2, 0.25) is 26.6 Å². The molecule has 0 saturated carbocycles. The van der Waals surface area contributed by atoms with Crippen LogP contribution in [0.2, 0.25) is 5.02 Å². The van der Waals surface area contributed by atoms with Gasteiger partial charge in [-0.05, 0) is 54.1 Å². The van der Waals surface area contributed by atoms with Crippen molar-refractivity contribution in [2.24, 2.45) is 0 Å². The molecule has 0 aliphatic rings. The average molecular weight is 461 g/mol. The highest BCUT2D eigenvalue weighted by Gasteiger charge is 2.29. The van der Waals surface area contributed by atoms with E-state index in [4.69, 9.17) is 16.0 Å². The highest BCUT2D eigenvalue weighted by Crippen LogP contribution is 2.33. The average Bonchev–Trinajstić information content (AvgIpc) is 3.19. The molecular formula is C22H15ClF2N2O3S. The van der Waals surface area contributed by atoms with Crippen molar-refractivity contribution in [1.29, 1.82) is 0 Å². The van der Waals surface area contributed by atoms with Gasteiger partial charge < -0.3 is 9.73 Å². The molecule has 1 aromatic heterocycles. The molecule has 0 saturated heterocycles. The molecule has 0 amide bonds. The lowest BCUT2D eigenvalue weighted by Gasteiger charge is -2.06. The van der Waals surface area contributed by atoms with Gasteiger partial charge in [0.25, 0.3) is 0 Å². The highest BCUT2D eigenvalue weighted by atomic mass is 35.5. The van der Waals surface area contributed by atoms with Crippen molar-refractivity contribution in [1.82, 2.24) is 4.98 Å². The summed E-state index contributed by atoms with van der Waals surface area (Å²) in [7, 11) is -4.11. The third-order valence-corrected chi connectivity index (χ3v) is 6.38. The second kappa shape index (κ2) is 8.49. The van der Waals surface area contributed by atoms with Gasteiger partial charge in [0.05, 0.1) is 10.5 Å². The maximum atomic E-state index is 14.2. The summed E-state index contributed by atoms with van der Waals surface area (Å²) in [5.74, 6) is -1.34. The van der Waals surface area contributed by atoms with Crippen LogP contribution in [-0.4, -0.2) is 13.4 Å². The maximum Gasteiger partial charge on any atom is 0.234 e. The fourth-order valence-electron chi connectivity index (χ4n) is 2.86. The van der Waals surface area contributed by atoms with Crippen LogP contribution in [0.5, 0.6) is 0 Å². The van der Waals surface area contributed by atoms with E-state index in [0.29, 0.717) is 10.6 Å². The number of benzene rings is 3. The van der Waals surface area contributed by atoms with Crippen molar-refractivity contribution in [2.75, 3.05) is 5.32 Å². The van der Waals surface area contributed by atoms with Gasteiger partial charge in [-0.15, -0.1) is 0 Å². The van der Waals surface area contributed by atoms with Crippen LogP contribution >= 0.6 is 11.6 Å². The third kappa shape index (κ3) is 4.45. The van der Waals surface area contributed by atoms with Crippen molar-refractivity contribution < 1.29 is 21.6 Å². The molecule has 31 heavy (non-hydrogen) atoms. The molecule has 5 nitrogen and oxygen atoms in total. The molecule has 1 heterocycles. The summed E-state index contributed by atoms with van der Waals surface area (Å²) < 4.78 is 59.4. The predicted molar refractivity (Wildman–Crippen MR) is 113 cm³/mol. The van der Waals surface area contributed by atoms with Gasteiger partial charge in [-0.3, -0.25) is 0 Å². The molecule has 3 aromatic carbocycles. The number of oxazole rings is 1. The summed E-state index contributed by atoms with van der Waals surface area (Å²) in [5.41, 5.74) is 0.699. The zero-order valence-corrected chi connectivity index (χ0v) is 17.4. The molecule has 4 aromatic rings. The fourth-order valence-corrected chi connectivity index (χ4v) is 4.26. The SMILES string of the molecule is O=S(=O)(c1ccc(Cl)cc1)c1nc(-c2ccccc2F)oc1NCc1ccc(F)cc1. The maximum absolute atomic E-state index is 14.2. The zero-order chi connectivity index (χ0) is 22.0. The number of hydrogen-bond donors (Lipinski definition) is 1. The summed E-state index contributed by atoms with van der Waals surface area (Å²) in [4.78, 5) is 4.04. The quantitative estimate of drug-likeness (QED) is 0.398. The van der Waals surface area contributed by atoms with Crippen molar-refractivity contribution in [3.63, 3.8) is 0 Å². The number of halogens is 3. The largest absolute Gasteiger partial charge is 0.419 e. The van der Waals surface area contributed by atoms with Crippen LogP contribution in [0.3, 0.4) is 0 Å². The van der Waals surface area contributed by atoms with E-state index in [1.54, 1.807) is 18.2 Å². The fraction of sp³-hybridized carbons (Fsp3) is 0.0455. The van der Waals surface area contributed by atoms with E-state index >= 15 is 0 Å². The van der Waals surface area contributed by atoms with Gasteiger partial charge in [-0.2, -0.15) is 4.98 Å². The summed E-state index contributed by atoms with van der Waals surface area (Å²) in [6.45, 7) is 0.134. The summed E-state index contributed by atoms with van der Waals surface area (Å²) in [6.07, 6.45) is 0.